The molecule has 1 spiro atoms. The van der Waals surface area contributed by atoms with Crippen LogP contribution < -0.4 is 5.32 Å². The Bertz CT molecular complexity index is 1630. The summed E-state index contributed by atoms with van der Waals surface area (Å²) in [7, 11) is 0. The molecule has 0 aromatic heterocycles. The van der Waals surface area contributed by atoms with Gasteiger partial charge in [-0.2, -0.15) is 26.3 Å². The van der Waals surface area contributed by atoms with Gasteiger partial charge in [-0.05, 0) is 41.7 Å². The highest BCUT2D eigenvalue weighted by Gasteiger charge is 2.69. The zero-order valence-corrected chi connectivity index (χ0v) is 24.6. The number of benzene rings is 3. The first-order valence-electron chi connectivity index (χ1n) is 14.6. The minimum absolute atomic E-state index is 0.115. The SMILES string of the molecule is O=C(O)C(F)(F)F.O=C1[C@H]2[C@@H](c3ccccc3)N[C@]3(CCCN(Cc4ccc(C(F)(F)F)cc4)C3=O)[C@H]2C(=O)N1Cc1ccccc1. The molecule has 248 valence electrons. The van der Waals surface area contributed by atoms with Crippen molar-refractivity contribution in [1.82, 2.24) is 15.1 Å². The largest absolute Gasteiger partial charge is 0.490 e. The van der Waals surface area contributed by atoms with Gasteiger partial charge in [-0.15, -0.1) is 0 Å². The van der Waals surface area contributed by atoms with Crippen LogP contribution in [0, 0.1) is 11.8 Å². The molecule has 3 aromatic rings. The van der Waals surface area contributed by atoms with E-state index < -0.39 is 47.3 Å². The van der Waals surface area contributed by atoms with E-state index in [1.165, 1.54) is 17.0 Å². The van der Waals surface area contributed by atoms with Crippen LogP contribution in [0.2, 0.25) is 0 Å². The normalized spacial score (nSPS) is 24.3. The zero-order valence-electron chi connectivity index (χ0n) is 24.6. The molecule has 3 aliphatic rings. The van der Waals surface area contributed by atoms with Crippen LogP contribution in [0.25, 0.3) is 0 Å². The van der Waals surface area contributed by atoms with Crippen molar-refractivity contribution in [2.24, 2.45) is 11.8 Å². The molecule has 47 heavy (non-hydrogen) atoms. The number of alkyl halides is 6. The van der Waals surface area contributed by atoms with Crippen LogP contribution in [-0.2, 0) is 38.4 Å². The topological polar surface area (TPSA) is 107 Å². The summed E-state index contributed by atoms with van der Waals surface area (Å²) in [4.78, 5) is 53.8. The van der Waals surface area contributed by atoms with E-state index in [0.29, 0.717) is 24.9 Å². The Hall–Kier alpha value is -4.72. The number of nitrogens with one attached hydrogen (secondary N) is 1. The quantitative estimate of drug-likeness (QED) is 0.282. The van der Waals surface area contributed by atoms with Crippen LogP contribution >= 0.6 is 0 Å². The Balaban J connectivity index is 0.000000559. The van der Waals surface area contributed by atoms with Gasteiger partial charge in [-0.1, -0.05) is 72.8 Å². The second kappa shape index (κ2) is 12.8. The van der Waals surface area contributed by atoms with E-state index in [1.807, 2.05) is 60.7 Å². The number of imide groups is 1. The van der Waals surface area contributed by atoms with Crippen molar-refractivity contribution < 1.29 is 50.6 Å². The minimum atomic E-state index is -5.08. The third-order valence-corrected chi connectivity index (χ3v) is 8.65. The Labute approximate surface area is 265 Å². The van der Waals surface area contributed by atoms with Crippen molar-refractivity contribution in [1.29, 1.82) is 0 Å². The molecule has 0 bridgehead atoms. The molecule has 3 aromatic carbocycles. The van der Waals surface area contributed by atoms with Crippen LogP contribution in [0.3, 0.4) is 0 Å². The Morgan fingerprint density at radius 2 is 1.36 bits per heavy atom. The molecule has 3 amide bonds. The molecular formula is C33H29F6N3O5. The van der Waals surface area contributed by atoms with Crippen LogP contribution in [0.4, 0.5) is 26.3 Å². The minimum Gasteiger partial charge on any atom is -0.475 e. The van der Waals surface area contributed by atoms with E-state index in [-0.39, 0.29) is 30.8 Å². The van der Waals surface area contributed by atoms with Crippen molar-refractivity contribution in [2.45, 2.75) is 49.9 Å². The predicted molar refractivity (Wildman–Crippen MR) is 154 cm³/mol. The summed E-state index contributed by atoms with van der Waals surface area (Å²) in [5.74, 6) is -5.34. The number of aliphatic carboxylic acids is 1. The van der Waals surface area contributed by atoms with Gasteiger partial charge in [0.1, 0.15) is 5.54 Å². The number of halogens is 6. The number of nitrogens with zero attached hydrogens (tertiary/aromatic N) is 2. The lowest BCUT2D eigenvalue weighted by molar-refractivity contribution is -0.192. The van der Waals surface area contributed by atoms with Gasteiger partial charge in [-0.25, -0.2) is 4.79 Å². The smallest absolute Gasteiger partial charge is 0.475 e. The Kier molecular flexibility index (Phi) is 9.18. The summed E-state index contributed by atoms with van der Waals surface area (Å²) in [5, 5.41) is 10.6. The maximum atomic E-state index is 14.2. The van der Waals surface area contributed by atoms with Crippen LogP contribution in [0.15, 0.2) is 84.9 Å². The lowest BCUT2D eigenvalue weighted by Crippen LogP contribution is -2.63. The molecule has 3 heterocycles. The summed E-state index contributed by atoms with van der Waals surface area (Å²) >= 11 is 0. The predicted octanol–water partition coefficient (Wildman–Crippen LogP) is 5.35. The second-order valence-electron chi connectivity index (χ2n) is 11.6. The molecule has 14 heteroatoms. The Morgan fingerprint density at radius 1 is 0.809 bits per heavy atom. The number of hydrogen-bond donors (Lipinski definition) is 2. The maximum Gasteiger partial charge on any atom is 0.490 e. The highest BCUT2D eigenvalue weighted by atomic mass is 19.4. The van der Waals surface area contributed by atoms with Crippen molar-refractivity contribution in [2.75, 3.05) is 6.54 Å². The lowest BCUT2D eigenvalue weighted by Gasteiger charge is -2.42. The molecule has 2 N–H and O–H groups in total. The molecule has 3 saturated heterocycles. The number of amides is 3. The number of rotatable bonds is 5. The molecule has 3 fully saturated rings. The fraction of sp³-hybridized carbons (Fsp3) is 0.333. The highest BCUT2D eigenvalue weighted by molar-refractivity contribution is 6.10. The number of carbonyl (C=O) groups is 4. The van der Waals surface area contributed by atoms with E-state index in [1.54, 1.807) is 4.90 Å². The first-order chi connectivity index (χ1) is 22.1. The third kappa shape index (κ3) is 6.73. The van der Waals surface area contributed by atoms with Gasteiger partial charge in [0.25, 0.3) is 0 Å². The van der Waals surface area contributed by atoms with Crippen LogP contribution in [0.5, 0.6) is 0 Å². The van der Waals surface area contributed by atoms with Crippen LogP contribution in [-0.4, -0.2) is 56.9 Å². The summed E-state index contributed by atoms with van der Waals surface area (Å²) in [5.41, 5.74) is 0.170. The summed E-state index contributed by atoms with van der Waals surface area (Å²) in [6.07, 6.45) is -8.55. The Morgan fingerprint density at radius 3 is 1.91 bits per heavy atom. The summed E-state index contributed by atoms with van der Waals surface area (Å²) < 4.78 is 70.9. The van der Waals surface area contributed by atoms with Crippen LogP contribution in [0.1, 0.15) is 41.1 Å². The van der Waals surface area contributed by atoms with Gasteiger partial charge < -0.3 is 10.0 Å². The second-order valence-corrected chi connectivity index (χ2v) is 11.6. The van der Waals surface area contributed by atoms with Crippen molar-refractivity contribution in [3.8, 4) is 0 Å². The lowest BCUT2D eigenvalue weighted by atomic mass is 9.74. The van der Waals surface area contributed by atoms with E-state index >= 15 is 0 Å². The fourth-order valence-corrected chi connectivity index (χ4v) is 6.57. The van der Waals surface area contributed by atoms with E-state index in [9.17, 15) is 40.7 Å². The van der Waals surface area contributed by atoms with Crippen molar-refractivity contribution in [3.05, 3.63) is 107 Å². The maximum absolute atomic E-state index is 14.2. The zero-order chi connectivity index (χ0) is 34.1. The number of fused-ring (bicyclic) bond motifs is 2. The molecule has 0 radical (unpaired) electrons. The van der Waals surface area contributed by atoms with Gasteiger partial charge in [0, 0.05) is 19.1 Å². The molecule has 3 aliphatic heterocycles. The fourth-order valence-electron chi connectivity index (χ4n) is 6.57. The van der Waals surface area contributed by atoms with E-state index in [4.69, 9.17) is 9.90 Å². The number of hydrogen-bond acceptors (Lipinski definition) is 5. The summed E-state index contributed by atoms with van der Waals surface area (Å²) in [6.45, 7) is 0.656. The third-order valence-electron chi connectivity index (χ3n) is 8.65. The number of likely N-dealkylation sites (tertiary alicyclic amines) is 2. The molecule has 0 saturated carbocycles. The molecule has 6 rings (SSSR count). The average Bonchev–Trinajstić information content (AvgIpc) is 3.49. The first kappa shape index (κ1) is 33.6. The summed E-state index contributed by atoms with van der Waals surface area (Å²) in [6, 6.07) is 22.9. The standard InChI is InChI=1S/C31H28F3N3O3.C2HF3O2/c32-31(33,34)23-14-12-21(13-15-23)18-36-17-7-16-30(29(36)40)25-24(26(35-30)22-10-5-2-6-11-22)27(38)37(28(25)39)19-20-8-3-1-4-9-20;3-2(4,5)1(6)7/h1-6,8-15,24-26,35H,7,16-19H2;(H,6,7)/t24-,25-,26-,30-;/m1./s1. The molecule has 0 unspecified atom stereocenters. The van der Waals surface area contributed by atoms with Gasteiger partial charge in [0.05, 0.1) is 23.9 Å². The van der Waals surface area contributed by atoms with Crippen molar-refractivity contribution >= 4 is 23.7 Å². The van der Waals surface area contributed by atoms with Gasteiger partial charge in [0.2, 0.25) is 17.7 Å². The molecule has 0 aliphatic carbocycles. The molecule has 8 nitrogen and oxygen atoms in total. The van der Waals surface area contributed by atoms with E-state index in [2.05, 4.69) is 5.32 Å². The van der Waals surface area contributed by atoms with Crippen molar-refractivity contribution in [3.63, 3.8) is 0 Å². The van der Waals surface area contributed by atoms with Gasteiger partial charge in [0.15, 0.2) is 0 Å². The molecular weight excluding hydrogens is 632 g/mol. The molecule has 4 atom stereocenters. The first-order valence-corrected chi connectivity index (χ1v) is 14.6. The highest BCUT2D eigenvalue weighted by Crippen LogP contribution is 2.52. The number of carbonyl (C=O) groups excluding carboxylic acids is 3. The monoisotopic (exact) mass is 661 g/mol. The number of piperidine rings is 1. The average molecular weight is 662 g/mol. The van der Waals surface area contributed by atoms with Gasteiger partial charge >= 0.3 is 18.3 Å². The van der Waals surface area contributed by atoms with E-state index in [0.717, 1.165) is 23.3 Å². The number of carboxylic acids is 1. The number of carboxylic acid groups (broad SMARTS) is 1. The van der Waals surface area contributed by atoms with Gasteiger partial charge in [-0.3, -0.25) is 24.6 Å².